The van der Waals surface area contributed by atoms with E-state index in [2.05, 4.69) is 5.32 Å². The van der Waals surface area contributed by atoms with E-state index in [9.17, 15) is 13.2 Å². The molecule has 0 saturated carbocycles. The number of hydrogen-bond acceptors (Lipinski definition) is 5. The summed E-state index contributed by atoms with van der Waals surface area (Å²) in [5.74, 6) is 0.692. The van der Waals surface area contributed by atoms with Crippen LogP contribution in [0.15, 0.2) is 83.8 Å². The predicted molar refractivity (Wildman–Crippen MR) is 108 cm³/mol. The van der Waals surface area contributed by atoms with Crippen molar-refractivity contribution in [1.29, 1.82) is 0 Å². The SMILES string of the molecule is O=C(NC[C@@H](c1ccccc1)S(=O)(=O)c1ccccc1)c1ccc2c(c1)OCO2. The Hall–Kier alpha value is -3.32. The molecule has 0 fully saturated rings. The maximum absolute atomic E-state index is 13.2. The van der Waals surface area contributed by atoms with Crippen molar-refractivity contribution in [1.82, 2.24) is 5.32 Å². The number of ether oxygens (including phenoxy) is 2. The van der Waals surface area contributed by atoms with Gasteiger partial charge < -0.3 is 14.8 Å². The van der Waals surface area contributed by atoms with Gasteiger partial charge in [-0.3, -0.25) is 4.79 Å². The average Bonchev–Trinajstić information content (AvgIpc) is 3.23. The fourth-order valence-electron chi connectivity index (χ4n) is 3.17. The molecule has 0 radical (unpaired) electrons. The van der Waals surface area contributed by atoms with Crippen molar-refractivity contribution >= 4 is 15.7 Å². The number of amides is 1. The van der Waals surface area contributed by atoms with E-state index < -0.39 is 15.1 Å². The quantitative estimate of drug-likeness (QED) is 0.675. The molecule has 6 nitrogen and oxygen atoms in total. The van der Waals surface area contributed by atoms with E-state index in [4.69, 9.17) is 9.47 Å². The molecule has 0 aromatic heterocycles. The minimum Gasteiger partial charge on any atom is -0.454 e. The van der Waals surface area contributed by atoms with Gasteiger partial charge in [-0.15, -0.1) is 0 Å². The van der Waals surface area contributed by atoms with Crippen molar-refractivity contribution < 1.29 is 22.7 Å². The maximum atomic E-state index is 13.2. The van der Waals surface area contributed by atoms with E-state index in [1.807, 2.05) is 6.07 Å². The molecule has 1 atom stereocenters. The van der Waals surface area contributed by atoms with Crippen LogP contribution in [-0.4, -0.2) is 27.7 Å². The third kappa shape index (κ3) is 3.95. The third-order valence-electron chi connectivity index (χ3n) is 4.70. The molecule has 29 heavy (non-hydrogen) atoms. The van der Waals surface area contributed by atoms with Crippen LogP contribution in [0.5, 0.6) is 11.5 Å². The molecule has 7 heteroatoms. The minimum atomic E-state index is -3.70. The standard InChI is InChI=1S/C22H19NO5S/c24-22(17-11-12-19-20(13-17)28-15-27-19)23-14-21(16-7-3-1-4-8-16)29(25,26)18-9-5-2-6-10-18/h1-13,21H,14-15H2,(H,23,24)/t21-/m0/s1. The predicted octanol–water partition coefficient (Wildman–Crippen LogP) is 3.36. The van der Waals surface area contributed by atoms with Gasteiger partial charge in [0, 0.05) is 12.1 Å². The molecule has 3 aromatic rings. The van der Waals surface area contributed by atoms with E-state index in [-0.39, 0.29) is 24.1 Å². The van der Waals surface area contributed by atoms with Gasteiger partial charge in [0.25, 0.3) is 5.91 Å². The fourth-order valence-corrected chi connectivity index (χ4v) is 4.86. The number of sulfone groups is 1. The number of hydrogen-bond donors (Lipinski definition) is 1. The lowest BCUT2D eigenvalue weighted by molar-refractivity contribution is 0.0953. The molecule has 0 bridgehead atoms. The minimum absolute atomic E-state index is 0.0610. The van der Waals surface area contributed by atoms with Crippen LogP contribution in [0.4, 0.5) is 0 Å². The summed E-state index contributed by atoms with van der Waals surface area (Å²) < 4.78 is 37.0. The van der Waals surface area contributed by atoms with Gasteiger partial charge in [0.05, 0.1) is 4.90 Å². The Morgan fingerprint density at radius 1 is 0.897 bits per heavy atom. The monoisotopic (exact) mass is 409 g/mol. The lowest BCUT2D eigenvalue weighted by atomic mass is 10.1. The van der Waals surface area contributed by atoms with Gasteiger partial charge in [-0.05, 0) is 35.9 Å². The summed E-state index contributed by atoms with van der Waals surface area (Å²) in [7, 11) is -3.70. The van der Waals surface area contributed by atoms with Gasteiger partial charge in [-0.25, -0.2) is 8.42 Å². The first-order chi connectivity index (χ1) is 14.1. The Morgan fingerprint density at radius 2 is 1.55 bits per heavy atom. The molecule has 1 aliphatic rings. The van der Waals surface area contributed by atoms with Crippen molar-refractivity contribution in [3.63, 3.8) is 0 Å². The molecule has 148 valence electrons. The first-order valence-electron chi connectivity index (χ1n) is 9.07. The zero-order chi connectivity index (χ0) is 20.3. The molecular weight excluding hydrogens is 390 g/mol. The van der Waals surface area contributed by atoms with Crippen molar-refractivity contribution in [3.05, 3.63) is 90.0 Å². The smallest absolute Gasteiger partial charge is 0.251 e. The van der Waals surface area contributed by atoms with Gasteiger partial charge >= 0.3 is 0 Å². The lowest BCUT2D eigenvalue weighted by Gasteiger charge is -2.19. The summed E-state index contributed by atoms with van der Waals surface area (Å²) in [6.45, 7) is 0.0559. The summed E-state index contributed by atoms with van der Waals surface area (Å²) >= 11 is 0. The number of carbonyl (C=O) groups is 1. The molecule has 1 aliphatic heterocycles. The van der Waals surface area contributed by atoms with Gasteiger partial charge in [0.1, 0.15) is 5.25 Å². The highest BCUT2D eigenvalue weighted by Crippen LogP contribution is 2.33. The number of nitrogens with one attached hydrogen (secondary N) is 1. The number of fused-ring (bicyclic) bond motifs is 1. The molecule has 0 unspecified atom stereocenters. The molecule has 3 aromatic carbocycles. The second-order valence-corrected chi connectivity index (χ2v) is 8.67. The Kier molecular flexibility index (Phi) is 5.22. The Labute approximate surface area is 169 Å². The molecule has 1 amide bonds. The van der Waals surface area contributed by atoms with Crippen LogP contribution in [0, 0.1) is 0 Å². The molecule has 0 spiro atoms. The largest absolute Gasteiger partial charge is 0.454 e. The topological polar surface area (TPSA) is 81.7 Å². The average molecular weight is 409 g/mol. The van der Waals surface area contributed by atoms with E-state index >= 15 is 0 Å². The van der Waals surface area contributed by atoms with Crippen LogP contribution in [0.3, 0.4) is 0 Å². The van der Waals surface area contributed by atoms with Crippen LogP contribution in [0.25, 0.3) is 0 Å². The second-order valence-electron chi connectivity index (χ2n) is 6.54. The van der Waals surface area contributed by atoms with Gasteiger partial charge in [-0.1, -0.05) is 48.5 Å². The van der Waals surface area contributed by atoms with Crippen LogP contribution in [0.1, 0.15) is 21.2 Å². The van der Waals surface area contributed by atoms with Crippen molar-refractivity contribution in [2.45, 2.75) is 10.1 Å². The second kappa shape index (κ2) is 7.97. The first-order valence-corrected chi connectivity index (χ1v) is 10.6. The molecular formula is C22H19NO5S. The zero-order valence-electron chi connectivity index (χ0n) is 15.4. The summed E-state index contributed by atoms with van der Waals surface area (Å²) in [4.78, 5) is 12.9. The van der Waals surface area contributed by atoms with Crippen LogP contribution in [0.2, 0.25) is 0 Å². The van der Waals surface area contributed by atoms with E-state index in [1.165, 1.54) is 0 Å². The zero-order valence-corrected chi connectivity index (χ0v) is 16.3. The highest BCUT2D eigenvalue weighted by atomic mass is 32.2. The maximum Gasteiger partial charge on any atom is 0.251 e. The van der Waals surface area contributed by atoms with Crippen LogP contribution < -0.4 is 14.8 Å². The molecule has 4 rings (SSSR count). The van der Waals surface area contributed by atoms with Gasteiger partial charge in [-0.2, -0.15) is 0 Å². The van der Waals surface area contributed by atoms with Crippen LogP contribution >= 0.6 is 0 Å². The van der Waals surface area contributed by atoms with E-state index in [0.29, 0.717) is 22.6 Å². The summed E-state index contributed by atoms with van der Waals surface area (Å²) in [5, 5.41) is 1.84. The lowest BCUT2D eigenvalue weighted by Crippen LogP contribution is -2.32. The molecule has 0 saturated heterocycles. The highest BCUT2D eigenvalue weighted by molar-refractivity contribution is 7.91. The highest BCUT2D eigenvalue weighted by Gasteiger charge is 2.29. The van der Waals surface area contributed by atoms with Crippen molar-refractivity contribution in [2.75, 3.05) is 13.3 Å². The first kappa shape index (κ1) is 19.0. The van der Waals surface area contributed by atoms with E-state index in [1.54, 1.807) is 72.8 Å². The molecule has 0 aliphatic carbocycles. The summed E-state index contributed by atoms with van der Waals surface area (Å²) in [6, 6.07) is 22.0. The third-order valence-corrected chi connectivity index (χ3v) is 6.82. The van der Waals surface area contributed by atoms with Crippen molar-refractivity contribution in [2.24, 2.45) is 0 Å². The number of benzene rings is 3. The van der Waals surface area contributed by atoms with Gasteiger partial charge in [0.15, 0.2) is 21.3 Å². The Bertz CT molecular complexity index is 1110. The van der Waals surface area contributed by atoms with Crippen LogP contribution in [-0.2, 0) is 9.84 Å². The molecule has 1 N–H and O–H groups in total. The molecule has 1 heterocycles. The summed E-state index contributed by atoms with van der Waals surface area (Å²) in [6.07, 6.45) is 0. The van der Waals surface area contributed by atoms with Crippen molar-refractivity contribution in [3.8, 4) is 11.5 Å². The van der Waals surface area contributed by atoms with E-state index in [0.717, 1.165) is 0 Å². The van der Waals surface area contributed by atoms with Gasteiger partial charge in [0.2, 0.25) is 6.79 Å². The fraction of sp³-hybridized carbons (Fsp3) is 0.136. The Balaban J connectivity index is 1.59. The number of rotatable bonds is 6. The normalized spacial score (nSPS) is 13.7. The Morgan fingerprint density at radius 3 is 2.28 bits per heavy atom. The summed E-state index contributed by atoms with van der Waals surface area (Å²) in [5.41, 5.74) is 0.987. The number of carbonyl (C=O) groups excluding carboxylic acids is 1.